The lowest BCUT2D eigenvalue weighted by Gasteiger charge is -2.19. The summed E-state index contributed by atoms with van der Waals surface area (Å²) in [6.07, 6.45) is 0. The highest BCUT2D eigenvalue weighted by atomic mass is 16.3. The Labute approximate surface area is 108 Å². The molecule has 3 nitrogen and oxygen atoms in total. The Morgan fingerprint density at radius 3 is 2.61 bits per heavy atom. The summed E-state index contributed by atoms with van der Waals surface area (Å²) < 4.78 is 0. The van der Waals surface area contributed by atoms with E-state index in [1.54, 1.807) is 0 Å². The molecule has 0 aliphatic carbocycles. The third-order valence-corrected chi connectivity index (χ3v) is 3.01. The van der Waals surface area contributed by atoms with Gasteiger partial charge in [-0.3, -0.25) is 0 Å². The number of aryl methyl sites for hydroxylation is 1. The van der Waals surface area contributed by atoms with Gasteiger partial charge in [0.05, 0.1) is 12.3 Å². The number of hydrogen-bond donors (Lipinski definition) is 1. The molecule has 0 saturated carbocycles. The molecule has 0 fully saturated rings. The Morgan fingerprint density at radius 2 is 1.89 bits per heavy atom. The van der Waals surface area contributed by atoms with Gasteiger partial charge in [0.1, 0.15) is 5.82 Å². The maximum absolute atomic E-state index is 9.10. The van der Waals surface area contributed by atoms with Gasteiger partial charge in [-0.2, -0.15) is 0 Å². The van der Waals surface area contributed by atoms with Crippen LogP contribution in [0.3, 0.4) is 0 Å². The molecule has 0 atom stereocenters. The van der Waals surface area contributed by atoms with E-state index in [0.717, 1.165) is 12.4 Å². The number of rotatable bonds is 4. The van der Waals surface area contributed by atoms with Crippen molar-refractivity contribution in [3.8, 4) is 0 Å². The number of pyridine rings is 1. The molecule has 1 N–H and O–H groups in total. The molecule has 0 aliphatic heterocycles. The van der Waals surface area contributed by atoms with Gasteiger partial charge in [-0.05, 0) is 30.2 Å². The van der Waals surface area contributed by atoms with E-state index in [4.69, 9.17) is 5.11 Å². The fourth-order valence-corrected chi connectivity index (χ4v) is 1.89. The first-order chi connectivity index (χ1) is 8.70. The molecule has 1 aromatic heterocycles. The van der Waals surface area contributed by atoms with Gasteiger partial charge < -0.3 is 10.0 Å². The van der Waals surface area contributed by atoms with E-state index in [9.17, 15) is 0 Å². The molecule has 0 saturated heterocycles. The highest BCUT2D eigenvalue weighted by Crippen LogP contribution is 2.15. The first-order valence-corrected chi connectivity index (χ1v) is 6.03. The quantitative estimate of drug-likeness (QED) is 0.895. The van der Waals surface area contributed by atoms with Crippen LogP contribution >= 0.6 is 0 Å². The minimum absolute atomic E-state index is 0.0218. The van der Waals surface area contributed by atoms with Crippen molar-refractivity contribution in [2.45, 2.75) is 20.1 Å². The van der Waals surface area contributed by atoms with Crippen molar-refractivity contribution in [2.75, 3.05) is 11.9 Å². The van der Waals surface area contributed by atoms with Crippen molar-refractivity contribution >= 4 is 5.82 Å². The molecule has 0 unspecified atom stereocenters. The number of aliphatic hydroxyl groups excluding tert-OH is 1. The van der Waals surface area contributed by atoms with Crippen LogP contribution in [0.1, 0.15) is 16.8 Å². The van der Waals surface area contributed by atoms with Gasteiger partial charge in [-0.25, -0.2) is 4.98 Å². The van der Waals surface area contributed by atoms with Crippen LogP contribution in [-0.2, 0) is 13.2 Å². The highest BCUT2D eigenvalue weighted by molar-refractivity contribution is 5.40. The zero-order chi connectivity index (χ0) is 13.0. The summed E-state index contributed by atoms with van der Waals surface area (Å²) >= 11 is 0. The summed E-state index contributed by atoms with van der Waals surface area (Å²) in [5.74, 6) is 0.879. The molecular formula is C15H18N2O. The minimum Gasteiger partial charge on any atom is -0.390 e. The third kappa shape index (κ3) is 2.87. The zero-order valence-corrected chi connectivity index (χ0v) is 10.8. The lowest BCUT2D eigenvalue weighted by molar-refractivity contribution is 0.277. The van der Waals surface area contributed by atoms with Gasteiger partial charge in [0.2, 0.25) is 0 Å². The monoisotopic (exact) mass is 242 g/mol. The van der Waals surface area contributed by atoms with E-state index in [0.29, 0.717) is 5.69 Å². The first kappa shape index (κ1) is 12.6. The van der Waals surface area contributed by atoms with E-state index >= 15 is 0 Å². The smallest absolute Gasteiger partial charge is 0.128 e. The third-order valence-electron chi connectivity index (χ3n) is 3.01. The Bertz CT molecular complexity index is 525. The predicted molar refractivity (Wildman–Crippen MR) is 73.4 cm³/mol. The van der Waals surface area contributed by atoms with Crippen LogP contribution in [0.2, 0.25) is 0 Å². The molecule has 2 aromatic rings. The lowest BCUT2D eigenvalue weighted by Crippen LogP contribution is -2.18. The van der Waals surface area contributed by atoms with Gasteiger partial charge >= 0.3 is 0 Å². The Morgan fingerprint density at radius 1 is 1.11 bits per heavy atom. The molecule has 94 valence electrons. The molecule has 0 aliphatic rings. The van der Waals surface area contributed by atoms with Gasteiger partial charge in [-0.15, -0.1) is 0 Å². The first-order valence-electron chi connectivity index (χ1n) is 6.03. The number of anilines is 1. The summed E-state index contributed by atoms with van der Waals surface area (Å²) in [6.45, 7) is 2.90. The summed E-state index contributed by atoms with van der Waals surface area (Å²) in [7, 11) is 2.01. The van der Waals surface area contributed by atoms with Crippen LogP contribution in [0.15, 0.2) is 42.5 Å². The van der Waals surface area contributed by atoms with Crippen molar-refractivity contribution in [1.29, 1.82) is 0 Å². The summed E-state index contributed by atoms with van der Waals surface area (Å²) in [4.78, 5) is 6.48. The molecule has 0 spiro atoms. The second-order valence-electron chi connectivity index (χ2n) is 4.43. The Kier molecular flexibility index (Phi) is 3.95. The fraction of sp³-hybridized carbons (Fsp3) is 0.267. The Hall–Kier alpha value is -1.87. The van der Waals surface area contributed by atoms with Gasteiger partial charge in [-0.1, -0.05) is 30.3 Å². The van der Waals surface area contributed by atoms with E-state index in [2.05, 4.69) is 28.9 Å². The van der Waals surface area contributed by atoms with E-state index in [1.165, 1.54) is 11.1 Å². The van der Waals surface area contributed by atoms with E-state index < -0.39 is 0 Å². The molecular weight excluding hydrogens is 224 g/mol. The Balaban J connectivity index is 2.16. The normalized spacial score (nSPS) is 10.4. The topological polar surface area (TPSA) is 36.4 Å². The summed E-state index contributed by atoms with van der Waals surface area (Å²) in [6, 6.07) is 14.0. The van der Waals surface area contributed by atoms with Crippen molar-refractivity contribution in [2.24, 2.45) is 0 Å². The van der Waals surface area contributed by atoms with Crippen molar-refractivity contribution < 1.29 is 5.11 Å². The molecule has 1 heterocycles. The molecule has 0 bridgehead atoms. The number of benzene rings is 1. The summed E-state index contributed by atoms with van der Waals surface area (Å²) in [5.41, 5.74) is 3.27. The van der Waals surface area contributed by atoms with Gasteiger partial charge in [0, 0.05) is 13.6 Å². The largest absolute Gasteiger partial charge is 0.390 e. The van der Waals surface area contributed by atoms with Crippen LogP contribution in [0, 0.1) is 6.92 Å². The number of nitrogens with zero attached hydrogens (tertiary/aromatic N) is 2. The SMILES string of the molecule is Cc1ccccc1CN(C)c1cccc(CO)n1. The average molecular weight is 242 g/mol. The van der Waals surface area contributed by atoms with Crippen LogP contribution in [-0.4, -0.2) is 17.1 Å². The highest BCUT2D eigenvalue weighted by Gasteiger charge is 2.05. The number of hydrogen-bond acceptors (Lipinski definition) is 3. The molecule has 2 rings (SSSR count). The van der Waals surface area contributed by atoms with Crippen LogP contribution < -0.4 is 4.90 Å². The lowest BCUT2D eigenvalue weighted by atomic mass is 10.1. The standard InChI is InChI=1S/C15H18N2O/c1-12-6-3-4-7-13(12)10-17(2)15-9-5-8-14(11-18)16-15/h3-9,18H,10-11H2,1-2H3. The second kappa shape index (κ2) is 5.65. The molecule has 0 amide bonds. The van der Waals surface area contributed by atoms with Gasteiger partial charge in [0.15, 0.2) is 0 Å². The van der Waals surface area contributed by atoms with Crippen molar-refractivity contribution in [3.63, 3.8) is 0 Å². The molecule has 18 heavy (non-hydrogen) atoms. The fourth-order valence-electron chi connectivity index (χ4n) is 1.89. The van der Waals surface area contributed by atoms with Gasteiger partial charge in [0.25, 0.3) is 0 Å². The number of aliphatic hydroxyl groups is 1. The average Bonchev–Trinajstić information content (AvgIpc) is 2.41. The summed E-state index contributed by atoms with van der Waals surface area (Å²) in [5, 5.41) is 9.10. The second-order valence-corrected chi connectivity index (χ2v) is 4.43. The maximum atomic E-state index is 9.10. The molecule has 1 aromatic carbocycles. The minimum atomic E-state index is -0.0218. The van der Waals surface area contributed by atoms with Crippen molar-refractivity contribution in [1.82, 2.24) is 4.98 Å². The van der Waals surface area contributed by atoms with Crippen LogP contribution in [0.25, 0.3) is 0 Å². The van der Waals surface area contributed by atoms with Crippen LogP contribution in [0.5, 0.6) is 0 Å². The van der Waals surface area contributed by atoms with E-state index in [1.807, 2.05) is 37.4 Å². The zero-order valence-electron chi connectivity index (χ0n) is 10.8. The maximum Gasteiger partial charge on any atom is 0.128 e. The van der Waals surface area contributed by atoms with E-state index in [-0.39, 0.29) is 6.61 Å². The molecule has 3 heteroatoms. The predicted octanol–water partition coefficient (Wildman–Crippen LogP) is 2.52. The molecule has 0 radical (unpaired) electrons. The number of aromatic nitrogens is 1. The van der Waals surface area contributed by atoms with Crippen molar-refractivity contribution in [3.05, 3.63) is 59.3 Å². The van der Waals surface area contributed by atoms with Crippen LogP contribution in [0.4, 0.5) is 5.82 Å².